The second-order valence-corrected chi connectivity index (χ2v) is 3.74. The minimum Gasteiger partial charge on any atom is -0.461 e. The van der Waals surface area contributed by atoms with Crippen molar-refractivity contribution in [2.75, 3.05) is 6.61 Å². The van der Waals surface area contributed by atoms with E-state index >= 15 is 0 Å². The zero-order valence-electron chi connectivity index (χ0n) is 9.22. The van der Waals surface area contributed by atoms with Crippen LogP contribution >= 0.6 is 0 Å². The maximum Gasteiger partial charge on any atom is 0.334 e. The third kappa shape index (κ3) is 2.22. The molecule has 1 aliphatic heterocycles. The molecule has 1 heterocycles. The average Bonchev–Trinajstić information content (AvgIpc) is 2.64. The first-order valence-corrected chi connectivity index (χ1v) is 5.38. The quantitative estimate of drug-likeness (QED) is 0.430. The third-order valence-electron chi connectivity index (χ3n) is 2.58. The minimum atomic E-state index is -0.202. The lowest BCUT2D eigenvalue weighted by molar-refractivity contribution is -0.135. The summed E-state index contributed by atoms with van der Waals surface area (Å²) in [6.07, 6.45) is 5.85. The SMILES string of the molecule is C/C=C/[C@H]1COC(=O)/C1=C\c1ccccc1. The number of carbonyl (C=O) groups excluding carboxylic acids is 1. The highest BCUT2D eigenvalue weighted by Crippen LogP contribution is 2.24. The van der Waals surface area contributed by atoms with Crippen molar-refractivity contribution in [1.82, 2.24) is 0 Å². The van der Waals surface area contributed by atoms with Gasteiger partial charge in [-0.3, -0.25) is 0 Å². The smallest absolute Gasteiger partial charge is 0.334 e. The summed E-state index contributed by atoms with van der Waals surface area (Å²) in [6.45, 7) is 2.41. The van der Waals surface area contributed by atoms with Crippen molar-refractivity contribution in [3.05, 3.63) is 53.6 Å². The molecule has 1 saturated heterocycles. The van der Waals surface area contributed by atoms with Crippen molar-refractivity contribution in [1.29, 1.82) is 0 Å². The predicted molar refractivity (Wildman–Crippen MR) is 63.7 cm³/mol. The topological polar surface area (TPSA) is 26.3 Å². The molecule has 0 spiro atoms. The van der Waals surface area contributed by atoms with E-state index in [9.17, 15) is 4.79 Å². The zero-order chi connectivity index (χ0) is 11.4. The minimum absolute atomic E-state index is 0.0951. The number of hydrogen-bond acceptors (Lipinski definition) is 2. The molecule has 0 unspecified atom stereocenters. The number of hydrogen-bond donors (Lipinski definition) is 0. The fourth-order valence-electron chi connectivity index (χ4n) is 1.78. The van der Waals surface area contributed by atoms with Gasteiger partial charge in [0.05, 0.1) is 0 Å². The van der Waals surface area contributed by atoms with Gasteiger partial charge in [-0.2, -0.15) is 0 Å². The molecular formula is C14H14O2. The Labute approximate surface area is 95.2 Å². The number of rotatable bonds is 2. The fourth-order valence-corrected chi connectivity index (χ4v) is 1.78. The Morgan fingerprint density at radius 2 is 2.06 bits per heavy atom. The molecule has 2 nitrogen and oxygen atoms in total. The van der Waals surface area contributed by atoms with E-state index in [1.165, 1.54) is 0 Å². The Hall–Kier alpha value is -1.83. The monoisotopic (exact) mass is 214 g/mol. The lowest BCUT2D eigenvalue weighted by Crippen LogP contribution is -1.99. The van der Waals surface area contributed by atoms with Gasteiger partial charge < -0.3 is 4.74 Å². The molecule has 1 aromatic rings. The molecule has 2 rings (SSSR count). The van der Waals surface area contributed by atoms with Crippen molar-refractivity contribution < 1.29 is 9.53 Å². The van der Waals surface area contributed by atoms with E-state index in [4.69, 9.17) is 4.74 Å². The molecule has 0 bridgehead atoms. The average molecular weight is 214 g/mol. The summed E-state index contributed by atoms with van der Waals surface area (Å²) in [7, 11) is 0. The van der Waals surface area contributed by atoms with E-state index in [0.717, 1.165) is 11.1 Å². The van der Waals surface area contributed by atoms with Gasteiger partial charge >= 0.3 is 5.97 Å². The van der Waals surface area contributed by atoms with Crippen LogP contribution in [0.4, 0.5) is 0 Å². The Morgan fingerprint density at radius 1 is 1.31 bits per heavy atom. The van der Waals surface area contributed by atoms with Crippen molar-refractivity contribution >= 4 is 12.0 Å². The number of ether oxygens (including phenoxy) is 1. The number of esters is 1. The number of carbonyl (C=O) groups is 1. The number of cyclic esters (lactones) is 1. The van der Waals surface area contributed by atoms with Gasteiger partial charge in [0, 0.05) is 11.5 Å². The van der Waals surface area contributed by atoms with E-state index in [1.54, 1.807) is 0 Å². The molecular weight excluding hydrogens is 200 g/mol. The van der Waals surface area contributed by atoms with Gasteiger partial charge in [-0.05, 0) is 18.6 Å². The molecule has 0 amide bonds. The maximum absolute atomic E-state index is 11.5. The summed E-state index contributed by atoms with van der Waals surface area (Å²) in [5, 5.41) is 0. The Morgan fingerprint density at radius 3 is 2.75 bits per heavy atom. The van der Waals surface area contributed by atoms with Gasteiger partial charge in [-0.1, -0.05) is 42.5 Å². The molecule has 1 fully saturated rings. The van der Waals surface area contributed by atoms with Crippen LogP contribution in [0.15, 0.2) is 48.1 Å². The lowest BCUT2D eigenvalue weighted by atomic mass is 9.99. The first-order valence-electron chi connectivity index (χ1n) is 5.38. The van der Waals surface area contributed by atoms with Gasteiger partial charge in [-0.15, -0.1) is 0 Å². The molecule has 16 heavy (non-hydrogen) atoms. The first kappa shape index (κ1) is 10.7. The van der Waals surface area contributed by atoms with Crippen LogP contribution in [0.2, 0.25) is 0 Å². The second kappa shape index (κ2) is 4.79. The summed E-state index contributed by atoms with van der Waals surface area (Å²) in [4.78, 5) is 11.5. The van der Waals surface area contributed by atoms with Crippen LogP contribution in [-0.2, 0) is 9.53 Å². The maximum atomic E-state index is 11.5. The summed E-state index contributed by atoms with van der Waals surface area (Å²) in [5.41, 5.74) is 1.77. The van der Waals surface area contributed by atoms with Crippen LogP contribution in [0, 0.1) is 5.92 Å². The van der Waals surface area contributed by atoms with Crippen LogP contribution in [-0.4, -0.2) is 12.6 Å². The fraction of sp³-hybridized carbons (Fsp3) is 0.214. The highest BCUT2D eigenvalue weighted by Gasteiger charge is 2.28. The summed E-state index contributed by atoms with van der Waals surface area (Å²) < 4.78 is 5.04. The Balaban J connectivity index is 2.30. The second-order valence-electron chi connectivity index (χ2n) is 3.74. The van der Waals surface area contributed by atoms with E-state index in [1.807, 2.05) is 55.5 Å². The van der Waals surface area contributed by atoms with Gasteiger partial charge in [0.1, 0.15) is 6.61 Å². The van der Waals surface area contributed by atoms with Crippen molar-refractivity contribution in [3.8, 4) is 0 Å². The number of allylic oxidation sites excluding steroid dienone is 1. The van der Waals surface area contributed by atoms with Crippen LogP contribution < -0.4 is 0 Å². The van der Waals surface area contributed by atoms with Gasteiger partial charge in [0.2, 0.25) is 0 Å². The zero-order valence-corrected chi connectivity index (χ0v) is 9.22. The van der Waals surface area contributed by atoms with E-state index in [2.05, 4.69) is 0 Å². The van der Waals surface area contributed by atoms with Gasteiger partial charge in [0.15, 0.2) is 0 Å². The molecule has 0 radical (unpaired) electrons. The van der Waals surface area contributed by atoms with Crippen LogP contribution in [0.1, 0.15) is 12.5 Å². The van der Waals surface area contributed by atoms with Crippen molar-refractivity contribution in [2.24, 2.45) is 5.92 Å². The highest BCUT2D eigenvalue weighted by molar-refractivity contribution is 5.96. The number of benzene rings is 1. The molecule has 0 aliphatic carbocycles. The first-order chi connectivity index (χ1) is 7.81. The molecule has 0 aromatic heterocycles. The van der Waals surface area contributed by atoms with E-state index < -0.39 is 0 Å². The van der Waals surface area contributed by atoms with E-state index in [-0.39, 0.29) is 11.9 Å². The third-order valence-corrected chi connectivity index (χ3v) is 2.58. The Bertz CT molecular complexity index is 429. The molecule has 0 saturated carbocycles. The Kier molecular flexibility index (Phi) is 3.20. The molecule has 1 atom stereocenters. The highest BCUT2D eigenvalue weighted by atomic mass is 16.5. The van der Waals surface area contributed by atoms with Crippen molar-refractivity contribution in [2.45, 2.75) is 6.92 Å². The predicted octanol–water partition coefficient (Wildman–Crippen LogP) is 2.82. The standard InChI is InChI=1S/C14H14O2/c1-2-6-12-10-16-14(15)13(12)9-11-7-4-3-5-8-11/h2-9,12H,10H2,1H3/b6-2+,13-9-/t12-/m0/s1. The molecule has 82 valence electrons. The molecule has 0 N–H and O–H groups in total. The molecule has 1 aliphatic rings. The van der Waals surface area contributed by atoms with Crippen LogP contribution in [0.25, 0.3) is 6.08 Å². The summed E-state index contributed by atoms with van der Waals surface area (Å²) in [6, 6.07) is 9.82. The van der Waals surface area contributed by atoms with Crippen molar-refractivity contribution in [3.63, 3.8) is 0 Å². The summed E-state index contributed by atoms with van der Waals surface area (Å²) >= 11 is 0. The van der Waals surface area contributed by atoms with Crippen LogP contribution in [0.5, 0.6) is 0 Å². The molecule has 1 aromatic carbocycles. The normalized spacial score (nSPS) is 22.9. The molecule has 2 heteroatoms. The van der Waals surface area contributed by atoms with Crippen LogP contribution in [0.3, 0.4) is 0 Å². The largest absolute Gasteiger partial charge is 0.461 e. The van der Waals surface area contributed by atoms with Gasteiger partial charge in [-0.25, -0.2) is 4.79 Å². The van der Waals surface area contributed by atoms with Gasteiger partial charge in [0.25, 0.3) is 0 Å². The summed E-state index contributed by atoms with van der Waals surface area (Å²) in [5.74, 6) is -0.107. The lowest BCUT2D eigenvalue weighted by Gasteiger charge is -2.00. The van der Waals surface area contributed by atoms with E-state index in [0.29, 0.717) is 6.61 Å².